The van der Waals surface area contributed by atoms with Crippen LogP contribution in [-0.4, -0.2) is 20.9 Å². The maximum absolute atomic E-state index is 13.2. The minimum Gasteiger partial charge on any atom is -0.347 e. The zero-order valence-corrected chi connectivity index (χ0v) is 20.8. The number of fused-ring (bicyclic) bond motifs is 2. The van der Waals surface area contributed by atoms with Crippen molar-refractivity contribution in [1.29, 1.82) is 0 Å². The second-order valence-corrected chi connectivity index (χ2v) is 10.1. The van der Waals surface area contributed by atoms with Crippen molar-refractivity contribution in [1.82, 2.24) is 20.3 Å². The van der Waals surface area contributed by atoms with Crippen LogP contribution in [0, 0.1) is 6.92 Å². The maximum Gasteiger partial charge on any atom is 0.268 e. The molecule has 0 aliphatic carbocycles. The highest BCUT2D eigenvalue weighted by molar-refractivity contribution is 7.15. The smallest absolute Gasteiger partial charge is 0.268 e. The van der Waals surface area contributed by atoms with Crippen molar-refractivity contribution in [3.8, 4) is 21.7 Å². The van der Waals surface area contributed by atoms with E-state index in [2.05, 4.69) is 27.4 Å². The van der Waals surface area contributed by atoms with Gasteiger partial charge in [-0.1, -0.05) is 42.5 Å². The van der Waals surface area contributed by atoms with Gasteiger partial charge in [-0.2, -0.15) is 0 Å². The predicted octanol–water partition coefficient (Wildman–Crippen LogP) is 6.11. The fourth-order valence-electron chi connectivity index (χ4n) is 4.38. The molecule has 37 heavy (non-hydrogen) atoms. The van der Waals surface area contributed by atoms with Crippen LogP contribution in [0.2, 0.25) is 0 Å². The highest BCUT2D eigenvalue weighted by atomic mass is 32.1. The zero-order chi connectivity index (χ0) is 25.4. The molecular weight excluding hydrogens is 480 g/mol. The van der Waals surface area contributed by atoms with Crippen molar-refractivity contribution in [2.75, 3.05) is 0 Å². The highest BCUT2D eigenvalue weighted by Crippen LogP contribution is 2.36. The third-order valence-corrected chi connectivity index (χ3v) is 7.25. The SMILES string of the molecule is Cc1ccc(-c2nc3[nH]c(C(=O)NCc4ccccc4)cc(=O)c3cc2-c2ccc3ncccc3c2)s1. The highest BCUT2D eigenvalue weighted by Gasteiger charge is 2.17. The van der Waals surface area contributed by atoms with Crippen molar-refractivity contribution in [2.24, 2.45) is 0 Å². The molecule has 180 valence electrons. The molecule has 0 bridgehead atoms. The van der Waals surface area contributed by atoms with Crippen LogP contribution in [0.5, 0.6) is 0 Å². The molecule has 0 atom stereocenters. The molecule has 4 aromatic heterocycles. The standard InChI is InChI=1S/C30H22N4O2S/c1-18-9-12-27(37-18)28-22(20-10-11-24-21(14-20)8-5-13-31-24)15-23-26(35)16-25(33-29(23)34-28)30(36)32-17-19-6-3-2-4-7-19/h2-16H,17H2,1H3,(H,32,36)(H,33,34,35). The molecule has 0 saturated heterocycles. The monoisotopic (exact) mass is 502 g/mol. The van der Waals surface area contributed by atoms with Gasteiger partial charge in [0.15, 0.2) is 5.43 Å². The van der Waals surface area contributed by atoms with E-state index < -0.39 is 0 Å². The van der Waals surface area contributed by atoms with Crippen molar-refractivity contribution >= 4 is 39.2 Å². The van der Waals surface area contributed by atoms with Gasteiger partial charge in [-0.05, 0) is 54.4 Å². The number of carbonyl (C=O) groups excluding carboxylic acids is 1. The molecule has 2 N–H and O–H groups in total. The van der Waals surface area contributed by atoms with Gasteiger partial charge in [0.1, 0.15) is 11.3 Å². The molecule has 0 aliphatic heterocycles. The molecule has 6 rings (SSSR count). The normalized spacial score (nSPS) is 11.2. The van der Waals surface area contributed by atoms with Crippen LogP contribution in [0.4, 0.5) is 0 Å². The molecule has 6 nitrogen and oxygen atoms in total. The molecule has 1 amide bonds. The summed E-state index contributed by atoms with van der Waals surface area (Å²) in [5.41, 5.74) is 4.73. The Labute approximate surface area is 216 Å². The fraction of sp³-hybridized carbons (Fsp3) is 0.0667. The van der Waals surface area contributed by atoms with Crippen LogP contribution in [0.15, 0.2) is 95.9 Å². The number of amides is 1. The van der Waals surface area contributed by atoms with Gasteiger partial charge in [-0.25, -0.2) is 4.98 Å². The molecule has 4 heterocycles. The molecule has 6 aromatic rings. The van der Waals surface area contributed by atoms with Gasteiger partial charge in [-0.15, -0.1) is 11.3 Å². The summed E-state index contributed by atoms with van der Waals surface area (Å²) in [6.07, 6.45) is 1.77. The Bertz CT molecular complexity index is 1840. The number of thiophene rings is 1. The maximum atomic E-state index is 13.2. The van der Waals surface area contributed by atoms with E-state index in [4.69, 9.17) is 4.98 Å². The number of hydrogen-bond donors (Lipinski definition) is 2. The number of rotatable bonds is 5. The number of pyridine rings is 3. The number of nitrogens with one attached hydrogen (secondary N) is 2. The molecular formula is C30H22N4O2S. The predicted molar refractivity (Wildman–Crippen MR) is 149 cm³/mol. The number of aryl methyl sites for hydroxylation is 1. The Balaban J connectivity index is 1.46. The number of aromatic amines is 1. The second kappa shape index (κ2) is 9.44. The molecule has 0 spiro atoms. The summed E-state index contributed by atoms with van der Waals surface area (Å²) in [5.74, 6) is -0.357. The van der Waals surface area contributed by atoms with Crippen LogP contribution in [-0.2, 0) is 6.54 Å². The molecule has 0 aliphatic rings. The molecule has 0 radical (unpaired) electrons. The van der Waals surface area contributed by atoms with Gasteiger partial charge in [0.25, 0.3) is 5.91 Å². The Hall–Kier alpha value is -4.62. The van der Waals surface area contributed by atoms with E-state index in [1.54, 1.807) is 17.5 Å². The average molecular weight is 503 g/mol. The number of benzene rings is 2. The molecule has 7 heteroatoms. The Morgan fingerprint density at radius 1 is 0.973 bits per heavy atom. The van der Waals surface area contributed by atoms with Crippen molar-refractivity contribution < 1.29 is 4.79 Å². The van der Waals surface area contributed by atoms with E-state index in [9.17, 15) is 9.59 Å². The lowest BCUT2D eigenvalue weighted by Gasteiger charge is -2.12. The van der Waals surface area contributed by atoms with Gasteiger partial charge in [-0.3, -0.25) is 14.6 Å². The first kappa shape index (κ1) is 22.8. The molecule has 0 unspecified atom stereocenters. The van der Waals surface area contributed by atoms with Crippen LogP contribution in [0.25, 0.3) is 43.6 Å². The van der Waals surface area contributed by atoms with Gasteiger partial charge >= 0.3 is 0 Å². The summed E-state index contributed by atoms with van der Waals surface area (Å²) in [7, 11) is 0. The Morgan fingerprint density at radius 2 is 1.84 bits per heavy atom. The Morgan fingerprint density at radius 3 is 2.65 bits per heavy atom. The lowest BCUT2D eigenvalue weighted by molar-refractivity contribution is 0.0946. The van der Waals surface area contributed by atoms with Crippen molar-refractivity contribution in [3.63, 3.8) is 0 Å². The average Bonchev–Trinajstić information content (AvgIpc) is 3.37. The van der Waals surface area contributed by atoms with Gasteiger partial charge in [0.05, 0.1) is 21.5 Å². The van der Waals surface area contributed by atoms with E-state index in [1.807, 2.05) is 73.7 Å². The summed E-state index contributed by atoms with van der Waals surface area (Å²) >= 11 is 1.64. The number of hydrogen-bond acceptors (Lipinski definition) is 5. The third kappa shape index (κ3) is 4.52. The summed E-state index contributed by atoms with van der Waals surface area (Å²) in [6, 6.07) is 26.9. The first-order valence-electron chi connectivity index (χ1n) is 11.9. The lowest BCUT2D eigenvalue weighted by Crippen LogP contribution is -2.25. The topological polar surface area (TPSA) is 87.7 Å². The molecule has 0 fully saturated rings. The third-order valence-electron chi connectivity index (χ3n) is 6.24. The fourth-order valence-corrected chi connectivity index (χ4v) is 5.25. The largest absolute Gasteiger partial charge is 0.347 e. The van der Waals surface area contributed by atoms with E-state index in [0.717, 1.165) is 43.0 Å². The molecule has 2 aromatic carbocycles. The first-order valence-corrected chi connectivity index (χ1v) is 12.7. The lowest BCUT2D eigenvalue weighted by atomic mass is 9.99. The van der Waals surface area contributed by atoms with Crippen molar-refractivity contribution in [2.45, 2.75) is 13.5 Å². The van der Waals surface area contributed by atoms with E-state index >= 15 is 0 Å². The van der Waals surface area contributed by atoms with Crippen LogP contribution >= 0.6 is 11.3 Å². The van der Waals surface area contributed by atoms with Gasteiger partial charge in [0.2, 0.25) is 0 Å². The van der Waals surface area contributed by atoms with E-state index in [0.29, 0.717) is 17.6 Å². The van der Waals surface area contributed by atoms with Gasteiger partial charge < -0.3 is 10.3 Å². The zero-order valence-electron chi connectivity index (χ0n) is 20.0. The number of carbonyl (C=O) groups is 1. The second-order valence-electron chi connectivity index (χ2n) is 8.82. The van der Waals surface area contributed by atoms with Crippen LogP contribution in [0.1, 0.15) is 20.9 Å². The first-order chi connectivity index (χ1) is 18.0. The minimum absolute atomic E-state index is 0.179. The minimum atomic E-state index is -0.357. The summed E-state index contributed by atoms with van der Waals surface area (Å²) < 4.78 is 0. The summed E-state index contributed by atoms with van der Waals surface area (Å²) in [4.78, 5) is 40.6. The molecule has 0 saturated carbocycles. The van der Waals surface area contributed by atoms with E-state index in [-0.39, 0.29) is 17.0 Å². The number of nitrogens with zero attached hydrogens (tertiary/aromatic N) is 2. The Kier molecular flexibility index (Phi) is 5.82. The summed E-state index contributed by atoms with van der Waals surface area (Å²) in [6.45, 7) is 2.41. The van der Waals surface area contributed by atoms with Crippen LogP contribution < -0.4 is 10.7 Å². The summed E-state index contributed by atoms with van der Waals surface area (Å²) in [5, 5.41) is 4.31. The van der Waals surface area contributed by atoms with Crippen LogP contribution in [0.3, 0.4) is 0 Å². The van der Waals surface area contributed by atoms with Gasteiger partial charge in [0, 0.05) is 34.6 Å². The number of H-pyrrole nitrogens is 1. The number of aromatic nitrogens is 3. The quantitative estimate of drug-likeness (QED) is 0.298. The van der Waals surface area contributed by atoms with E-state index in [1.165, 1.54) is 6.07 Å². The van der Waals surface area contributed by atoms with Crippen molar-refractivity contribution in [3.05, 3.63) is 117 Å².